The molecule has 1 aromatic heterocycles. The molecule has 0 N–H and O–H groups in total. The van der Waals surface area contributed by atoms with E-state index in [0.29, 0.717) is 6.04 Å². The second-order valence-corrected chi connectivity index (χ2v) is 6.71. The summed E-state index contributed by atoms with van der Waals surface area (Å²) >= 11 is 0. The van der Waals surface area contributed by atoms with Crippen LogP contribution in [0.5, 0.6) is 0 Å². The Labute approximate surface area is 144 Å². The van der Waals surface area contributed by atoms with Crippen molar-refractivity contribution in [3.05, 3.63) is 47.8 Å². The molecule has 1 amide bonds. The number of rotatable bonds is 5. The number of aromatic nitrogens is 2. The molecule has 0 bridgehead atoms. The number of hydrogen-bond donors (Lipinski definition) is 0. The number of carbonyl (C=O) groups excluding carboxylic acids is 1. The maximum Gasteiger partial charge on any atom is 0.257 e. The summed E-state index contributed by atoms with van der Waals surface area (Å²) in [5.41, 5.74) is 2.80. The molecule has 0 saturated heterocycles. The van der Waals surface area contributed by atoms with Gasteiger partial charge in [-0.1, -0.05) is 50.8 Å². The lowest BCUT2D eigenvalue weighted by Crippen LogP contribution is -2.38. The second-order valence-electron chi connectivity index (χ2n) is 6.71. The Kier molecular flexibility index (Phi) is 5.34. The fraction of sp³-hybridized carbons (Fsp3) is 0.500. The Balaban J connectivity index is 1.89. The van der Waals surface area contributed by atoms with Crippen LogP contribution < -0.4 is 0 Å². The molecule has 4 nitrogen and oxygen atoms in total. The lowest BCUT2D eigenvalue weighted by molar-refractivity contribution is 0.0695. The minimum Gasteiger partial charge on any atom is -0.339 e. The van der Waals surface area contributed by atoms with E-state index in [2.05, 4.69) is 12.0 Å². The second kappa shape index (κ2) is 7.65. The molecular formula is C20H27N3O. The highest BCUT2D eigenvalue weighted by Crippen LogP contribution is 2.24. The Morgan fingerprint density at radius 3 is 2.58 bits per heavy atom. The molecule has 1 fully saturated rings. The lowest BCUT2D eigenvalue weighted by atomic mass is 9.94. The van der Waals surface area contributed by atoms with Crippen molar-refractivity contribution in [3.63, 3.8) is 0 Å². The van der Waals surface area contributed by atoms with Crippen molar-refractivity contribution >= 4 is 5.91 Å². The fourth-order valence-electron chi connectivity index (χ4n) is 3.65. The Morgan fingerprint density at radius 1 is 1.21 bits per heavy atom. The van der Waals surface area contributed by atoms with Gasteiger partial charge in [0.1, 0.15) is 0 Å². The van der Waals surface area contributed by atoms with Crippen LogP contribution in [-0.4, -0.2) is 33.7 Å². The van der Waals surface area contributed by atoms with Crippen LogP contribution in [0.4, 0.5) is 0 Å². The van der Waals surface area contributed by atoms with Gasteiger partial charge in [-0.15, -0.1) is 0 Å². The van der Waals surface area contributed by atoms with E-state index in [9.17, 15) is 4.79 Å². The molecule has 1 aliphatic rings. The number of hydrogen-bond acceptors (Lipinski definition) is 2. The summed E-state index contributed by atoms with van der Waals surface area (Å²) in [6.45, 7) is 2.14. The van der Waals surface area contributed by atoms with Gasteiger partial charge in [0.15, 0.2) is 0 Å². The summed E-state index contributed by atoms with van der Waals surface area (Å²) in [7, 11) is 1.95. The van der Waals surface area contributed by atoms with Crippen LogP contribution in [0.15, 0.2) is 36.5 Å². The zero-order chi connectivity index (χ0) is 16.9. The van der Waals surface area contributed by atoms with E-state index < -0.39 is 0 Å². The third kappa shape index (κ3) is 3.37. The van der Waals surface area contributed by atoms with Crippen LogP contribution >= 0.6 is 0 Å². The van der Waals surface area contributed by atoms with E-state index in [1.807, 2.05) is 47.0 Å². The predicted octanol–water partition coefficient (Wildman–Crippen LogP) is 4.23. The van der Waals surface area contributed by atoms with Gasteiger partial charge in [-0.3, -0.25) is 4.79 Å². The van der Waals surface area contributed by atoms with E-state index >= 15 is 0 Å². The smallest absolute Gasteiger partial charge is 0.257 e. The first-order valence-electron chi connectivity index (χ1n) is 9.12. The zero-order valence-electron chi connectivity index (χ0n) is 14.7. The Hall–Kier alpha value is -2.10. The minimum absolute atomic E-state index is 0.118. The molecule has 24 heavy (non-hydrogen) atoms. The van der Waals surface area contributed by atoms with Crippen molar-refractivity contribution in [1.82, 2.24) is 14.7 Å². The monoisotopic (exact) mass is 325 g/mol. The molecule has 1 heterocycles. The molecule has 0 aliphatic heterocycles. The van der Waals surface area contributed by atoms with Crippen LogP contribution in [0, 0.1) is 0 Å². The van der Waals surface area contributed by atoms with Crippen LogP contribution in [0.2, 0.25) is 0 Å². The Morgan fingerprint density at radius 2 is 1.92 bits per heavy atom. The maximum absolute atomic E-state index is 13.1. The van der Waals surface area contributed by atoms with Gasteiger partial charge in [0.25, 0.3) is 5.91 Å². The third-order valence-electron chi connectivity index (χ3n) is 5.03. The molecule has 0 spiro atoms. The lowest BCUT2D eigenvalue weighted by Gasteiger charge is -2.31. The molecule has 2 aromatic rings. The first-order valence-corrected chi connectivity index (χ1v) is 9.12. The predicted molar refractivity (Wildman–Crippen MR) is 96.5 cm³/mol. The quantitative estimate of drug-likeness (QED) is 0.825. The normalized spacial score (nSPS) is 15.4. The first-order chi connectivity index (χ1) is 11.7. The number of nitrogens with zero attached hydrogens (tertiary/aromatic N) is 3. The van der Waals surface area contributed by atoms with Gasteiger partial charge in [-0.25, -0.2) is 4.68 Å². The van der Waals surface area contributed by atoms with Gasteiger partial charge >= 0.3 is 0 Å². The number of carbonyl (C=O) groups is 1. The van der Waals surface area contributed by atoms with Crippen LogP contribution in [0.3, 0.4) is 0 Å². The summed E-state index contributed by atoms with van der Waals surface area (Å²) < 4.78 is 1.92. The molecule has 128 valence electrons. The highest BCUT2D eigenvalue weighted by Gasteiger charge is 2.26. The van der Waals surface area contributed by atoms with Crippen molar-refractivity contribution in [2.24, 2.45) is 0 Å². The van der Waals surface area contributed by atoms with Gasteiger partial charge in [-0.2, -0.15) is 5.10 Å². The summed E-state index contributed by atoms with van der Waals surface area (Å²) in [6.07, 6.45) is 9.60. The number of benzene rings is 1. The molecule has 1 aromatic carbocycles. The molecule has 4 heteroatoms. The molecular weight excluding hydrogens is 298 g/mol. The van der Waals surface area contributed by atoms with Crippen molar-refractivity contribution in [1.29, 1.82) is 0 Å². The average molecular weight is 325 g/mol. The van der Waals surface area contributed by atoms with Gasteiger partial charge in [0.2, 0.25) is 0 Å². The van der Waals surface area contributed by atoms with Gasteiger partial charge in [-0.05, 0) is 31.4 Å². The highest BCUT2D eigenvalue weighted by molar-refractivity contribution is 5.95. The van der Waals surface area contributed by atoms with Crippen LogP contribution in [0.1, 0.15) is 61.5 Å². The molecule has 1 saturated carbocycles. The van der Waals surface area contributed by atoms with Crippen molar-refractivity contribution < 1.29 is 4.79 Å². The van der Waals surface area contributed by atoms with E-state index in [4.69, 9.17) is 0 Å². The van der Waals surface area contributed by atoms with Crippen molar-refractivity contribution in [3.8, 4) is 5.69 Å². The molecule has 3 rings (SSSR count). The van der Waals surface area contributed by atoms with Gasteiger partial charge in [0, 0.05) is 13.1 Å². The summed E-state index contributed by atoms with van der Waals surface area (Å²) in [4.78, 5) is 15.0. The van der Waals surface area contributed by atoms with E-state index in [-0.39, 0.29) is 5.91 Å². The van der Waals surface area contributed by atoms with Crippen LogP contribution in [0.25, 0.3) is 5.69 Å². The van der Waals surface area contributed by atoms with Gasteiger partial charge < -0.3 is 4.90 Å². The van der Waals surface area contributed by atoms with E-state index in [0.717, 1.165) is 42.6 Å². The summed E-state index contributed by atoms with van der Waals surface area (Å²) in [5, 5.41) is 4.52. The van der Waals surface area contributed by atoms with E-state index in [1.165, 1.54) is 19.3 Å². The molecule has 0 radical (unpaired) electrons. The summed E-state index contributed by atoms with van der Waals surface area (Å²) in [5.74, 6) is 0.118. The average Bonchev–Trinajstić information content (AvgIpc) is 3.06. The number of amides is 1. The third-order valence-corrected chi connectivity index (χ3v) is 5.03. The Bertz CT molecular complexity index is 671. The molecule has 0 atom stereocenters. The largest absolute Gasteiger partial charge is 0.339 e. The SMILES string of the molecule is CCCc1c(C(=O)N(C)C2CCCCC2)cnn1-c1ccccc1. The minimum atomic E-state index is 0.118. The highest BCUT2D eigenvalue weighted by atomic mass is 16.2. The van der Waals surface area contributed by atoms with Gasteiger partial charge in [0.05, 0.1) is 23.1 Å². The van der Waals surface area contributed by atoms with Crippen molar-refractivity contribution in [2.45, 2.75) is 57.9 Å². The van der Waals surface area contributed by atoms with Crippen molar-refractivity contribution in [2.75, 3.05) is 7.05 Å². The standard InChI is InChI=1S/C20H27N3O/c1-3-10-19-18(15-21-23(19)17-13-8-5-9-14-17)20(24)22(2)16-11-6-4-7-12-16/h5,8-9,13-16H,3-4,6-7,10-12H2,1-2H3. The zero-order valence-corrected chi connectivity index (χ0v) is 14.7. The molecule has 1 aliphatic carbocycles. The topological polar surface area (TPSA) is 38.1 Å². The fourth-order valence-corrected chi connectivity index (χ4v) is 3.65. The first kappa shape index (κ1) is 16.7. The summed E-state index contributed by atoms with van der Waals surface area (Å²) in [6, 6.07) is 10.4. The van der Waals surface area contributed by atoms with E-state index in [1.54, 1.807) is 6.20 Å². The maximum atomic E-state index is 13.1. The number of para-hydroxylation sites is 1. The van der Waals surface area contributed by atoms with Crippen LogP contribution in [-0.2, 0) is 6.42 Å². The molecule has 0 unspecified atom stereocenters.